The van der Waals surface area contributed by atoms with Crippen LogP contribution in [-0.2, 0) is 20.8 Å². The largest absolute Gasteiger partial charge is 0.260 e. The number of nitrogens with one attached hydrogen (secondary N) is 1. The summed E-state index contributed by atoms with van der Waals surface area (Å²) in [6, 6.07) is 0. The van der Waals surface area contributed by atoms with E-state index in [1.807, 2.05) is 6.92 Å². The highest BCUT2D eigenvalue weighted by Crippen LogP contribution is 2.26. The van der Waals surface area contributed by atoms with Crippen LogP contribution in [0.1, 0.15) is 19.0 Å². The third kappa shape index (κ3) is 4.27. The van der Waals surface area contributed by atoms with Gasteiger partial charge < -0.3 is 0 Å². The monoisotopic (exact) mass is 330 g/mol. The highest BCUT2D eigenvalue weighted by Gasteiger charge is 2.21. The summed E-state index contributed by atoms with van der Waals surface area (Å²) >= 11 is 6.60. The molecule has 1 aromatic heterocycles. The number of hydrogen-bond donors (Lipinski definition) is 1. The van der Waals surface area contributed by atoms with E-state index in [9.17, 15) is 12.6 Å². The standard InChI is InChI=1S/C9H15ClN2O3S3/c1-6(17(3)13)4-5-11-18(14,15)8-7(2)12-9(10)16-8/h6,11H,4-5H2,1-3H3. The summed E-state index contributed by atoms with van der Waals surface area (Å²) in [5.74, 6) is 0. The van der Waals surface area contributed by atoms with Crippen LogP contribution in [0.2, 0.25) is 4.47 Å². The van der Waals surface area contributed by atoms with E-state index in [0.717, 1.165) is 11.3 Å². The molecule has 104 valence electrons. The number of rotatable bonds is 6. The Hall–Kier alpha value is -0.0200. The molecule has 1 heterocycles. The zero-order valence-corrected chi connectivity index (χ0v) is 13.5. The van der Waals surface area contributed by atoms with Gasteiger partial charge in [0.15, 0.2) is 8.68 Å². The number of aryl methyl sites for hydroxylation is 1. The topological polar surface area (TPSA) is 76.1 Å². The molecule has 1 aromatic rings. The first-order valence-corrected chi connectivity index (χ1v) is 9.48. The Labute approximate surface area is 118 Å². The SMILES string of the molecule is Cc1nc(Cl)sc1S(=O)(=O)NCCC(C)S(C)=O. The van der Waals surface area contributed by atoms with Crippen LogP contribution in [0, 0.1) is 6.92 Å². The normalized spacial score (nSPS) is 15.6. The van der Waals surface area contributed by atoms with Crippen LogP contribution in [0.15, 0.2) is 4.21 Å². The highest BCUT2D eigenvalue weighted by atomic mass is 35.5. The average molecular weight is 331 g/mol. The van der Waals surface area contributed by atoms with Crippen molar-refractivity contribution in [2.45, 2.75) is 29.7 Å². The van der Waals surface area contributed by atoms with Gasteiger partial charge in [0, 0.05) is 28.9 Å². The van der Waals surface area contributed by atoms with Crippen molar-refractivity contribution in [1.29, 1.82) is 0 Å². The Balaban J connectivity index is 2.66. The van der Waals surface area contributed by atoms with Crippen molar-refractivity contribution in [3.8, 4) is 0 Å². The second kappa shape index (κ2) is 6.42. The fourth-order valence-corrected chi connectivity index (χ4v) is 4.51. The molecule has 2 atom stereocenters. The van der Waals surface area contributed by atoms with E-state index in [0.29, 0.717) is 12.1 Å². The van der Waals surface area contributed by atoms with Crippen molar-refractivity contribution in [2.75, 3.05) is 12.8 Å². The number of hydrogen-bond acceptors (Lipinski definition) is 5. The zero-order chi connectivity index (χ0) is 13.9. The fourth-order valence-electron chi connectivity index (χ4n) is 1.23. The van der Waals surface area contributed by atoms with Gasteiger partial charge in [-0.3, -0.25) is 4.21 Å². The minimum Gasteiger partial charge on any atom is -0.260 e. The summed E-state index contributed by atoms with van der Waals surface area (Å²) in [5.41, 5.74) is 0.393. The van der Waals surface area contributed by atoms with Crippen LogP contribution in [-0.4, -0.2) is 35.7 Å². The number of nitrogens with zero attached hydrogens (tertiary/aromatic N) is 1. The number of halogens is 1. The van der Waals surface area contributed by atoms with Crippen molar-refractivity contribution < 1.29 is 12.6 Å². The Morgan fingerprint density at radius 2 is 2.17 bits per heavy atom. The number of thiazole rings is 1. The third-order valence-corrected chi connectivity index (χ3v) is 7.08. The maximum atomic E-state index is 11.9. The molecule has 5 nitrogen and oxygen atoms in total. The molecular formula is C9H15ClN2O3S3. The molecule has 1 rings (SSSR count). The van der Waals surface area contributed by atoms with Gasteiger partial charge in [0.1, 0.15) is 0 Å². The predicted octanol–water partition coefficient (Wildman–Crippen LogP) is 1.54. The second-order valence-corrected chi connectivity index (χ2v) is 9.18. The summed E-state index contributed by atoms with van der Waals surface area (Å²) in [6.07, 6.45) is 2.13. The van der Waals surface area contributed by atoms with Crippen molar-refractivity contribution in [3.63, 3.8) is 0 Å². The van der Waals surface area contributed by atoms with Crippen molar-refractivity contribution >= 4 is 43.8 Å². The Bertz CT molecular complexity index is 541. The van der Waals surface area contributed by atoms with Crippen LogP contribution in [0.4, 0.5) is 0 Å². The summed E-state index contributed by atoms with van der Waals surface area (Å²) in [4.78, 5) is 3.86. The van der Waals surface area contributed by atoms with Crippen LogP contribution in [0.5, 0.6) is 0 Å². The lowest BCUT2D eigenvalue weighted by molar-refractivity contribution is 0.579. The van der Waals surface area contributed by atoms with Gasteiger partial charge >= 0.3 is 0 Å². The second-order valence-electron chi connectivity index (χ2n) is 3.84. The first-order chi connectivity index (χ1) is 8.24. The number of sulfonamides is 1. The lowest BCUT2D eigenvalue weighted by atomic mass is 10.3. The van der Waals surface area contributed by atoms with Gasteiger partial charge in [-0.05, 0) is 13.3 Å². The summed E-state index contributed by atoms with van der Waals surface area (Å²) in [7, 11) is -4.52. The maximum Gasteiger partial charge on any atom is 0.251 e. The molecule has 0 spiro atoms. The Kier molecular flexibility index (Phi) is 5.72. The molecule has 0 fully saturated rings. The first kappa shape index (κ1) is 16.0. The molecule has 0 saturated carbocycles. The Morgan fingerprint density at radius 1 is 1.56 bits per heavy atom. The fraction of sp³-hybridized carbons (Fsp3) is 0.667. The summed E-state index contributed by atoms with van der Waals surface area (Å²) in [6.45, 7) is 3.66. The maximum absolute atomic E-state index is 11.9. The van der Waals surface area contributed by atoms with Crippen molar-refractivity contribution in [3.05, 3.63) is 10.2 Å². The van der Waals surface area contributed by atoms with Crippen LogP contribution in [0.3, 0.4) is 0 Å². The number of aromatic nitrogens is 1. The summed E-state index contributed by atoms with van der Waals surface area (Å²) in [5, 5.41) is -0.0427. The molecule has 9 heteroatoms. The molecule has 0 aliphatic heterocycles. The van der Waals surface area contributed by atoms with E-state index >= 15 is 0 Å². The Morgan fingerprint density at radius 3 is 2.61 bits per heavy atom. The van der Waals surface area contributed by atoms with Crippen LogP contribution >= 0.6 is 22.9 Å². The van der Waals surface area contributed by atoms with Crippen molar-refractivity contribution in [1.82, 2.24) is 9.71 Å². The molecule has 2 unspecified atom stereocenters. The van der Waals surface area contributed by atoms with E-state index in [-0.39, 0.29) is 20.5 Å². The zero-order valence-electron chi connectivity index (χ0n) is 10.3. The molecule has 0 amide bonds. The predicted molar refractivity (Wildman–Crippen MR) is 75.2 cm³/mol. The smallest absolute Gasteiger partial charge is 0.251 e. The van der Waals surface area contributed by atoms with E-state index in [2.05, 4.69) is 9.71 Å². The summed E-state index contributed by atoms with van der Waals surface area (Å²) < 4.78 is 37.8. The van der Waals surface area contributed by atoms with E-state index in [1.165, 1.54) is 0 Å². The molecule has 18 heavy (non-hydrogen) atoms. The van der Waals surface area contributed by atoms with Crippen LogP contribution < -0.4 is 4.72 Å². The quantitative estimate of drug-likeness (QED) is 0.858. The molecule has 0 aromatic carbocycles. The minimum atomic E-state index is -3.57. The van der Waals surface area contributed by atoms with Crippen molar-refractivity contribution in [2.24, 2.45) is 0 Å². The van der Waals surface area contributed by atoms with Gasteiger partial charge in [-0.15, -0.1) is 0 Å². The van der Waals surface area contributed by atoms with Gasteiger partial charge in [0.25, 0.3) is 10.0 Å². The molecule has 0 aliphatic rings. The molecule has 0 bridgehead atoms. The highest BCUT2D eigenvalue weighted by molar-refractivity contribution is 7.91. The van der Waals surface area contributed by atoms with E-state index in [4.69, 9.17) is 11.6 Å². The van der Waals surface area contributed by atoms with Crippen LogP contribution in [0.25, 0.3) is 0 Å². The molecule has 0 radical (unpaired) electrons. The average Bonchev–Trinajstić information content (AvgIpc) is 2.58. The minimum absolute atomic E-state index is 0.0427. The molecule has 1 N–H and O–H groups in total. The van der Waals surface area contributed by atoms with Gasteiger partial charge in [-0.25, -0.2) is 18.1 Å². The van der Waals surface area contributed by atoms with Gasteiger partial charge in [0.05, 0.1) is 5.69 Å². The lowest BCUT2D eigenvalue weighted by Gasteiger charge is -2.09. The third-order valence-electron chi connectivity index (χ3n) is 2.38. The molecular weight excluding hydrogens is 316 g/mol. The molecule has 0 saturated heterocycles. The molecule has 0 aliphatic carbocycles. The van der Waals surface area contributed by atoms with Gasteiger partial charge in [-0.2, -0.15) is 0 Å². The lowest BCUT2D eigenvalue weighted by Crippen LogP contribution is -2.27. The van der Waals surface area contributed by atoms with Gasteiger partial charge in [0.2, 0.25) is 0 Å². The van der Waals surface area contributed by atoms with E-state index < -0.39 is 20.8 Å². The van der Waals surface area contributed by atoms with E-state index in [1.54, 1.807) is 13.2 Å². The first-order valence-electron chi connectivity index (χ1n) is 5.19. The van der Waals surface area contributed by atoms with Gasteiger partial charge in [-0.1, -0.05) is 29.9 Å².